The summed E-state index contributed by atoms with van der Waals surface area (Å²) in [4.78, 5) is 35.7. The molecule has 0 bridgehead atoms. The first-order chi connectivity index (χ1) is 18.9. The predicted octanol–water partition coefficient (Wildman–Crippen LogP) is 5.14. The molecule has 3 N–H and O–H groups in total. The van der Waals surface area contributed by atoms with E-state index in [-0.39, 0.29) is 14.7 Å². The van der Waals surface area contributed by atoms with E-state index < -0.39 is 11.6 Å². The number of rotatable bonds is 15. The standard InChI is InChI=1S/C28H46N6O3.C3H6.2H2/c1-21(2)31-20-32-25(27(36)37-28(4,5)6)14-18-34(19-16-29-22(3)35)17-8-7-11-24-13-12-23-10-9-15-30-26(23)33-24;1-3-2;;/h12-13,20,25H,1,7-11,14-19H2,2-6H3,(H,29,35)(H,30,33)(H,31,32);3H,1H2,2H3;2*1H/t25-;;;/m0.../s1. The molecule has 2 heterocycles. The van der Waals surface area contributed by atoms with Crippen molar-refractivity contribution in [2.75, 3.05) is 38.0 Å². The minimum Gasteiger partial charge on any atom is -0.458 e. The monoisotopic (exact) mass is 560 g/mol. The van der Waals surface area contributed by atoms with Crippen LogP contribution < -0.4 is 16.0 Å². The summed E-state index contributed by atoms with van der Waals surface area (Å²) >= 11 is 0. The zero-order valence-electron chi connectivity index (χ0n) is 25.6. The molecule has 0 saturated heterocycles. The zero-order chi connectivity index (χ0) is 30.0. The van der Waals surface area contributed by atoms with Crippen LogP contribution in [0.25, 0.3) is 0 Å². The van der Waals surface area contributed by atoms with Crippen molar-refractivity contribution in [3.05, 3.63) is 48.3 Å². The second kappa shape index (κ2) is 19.0. The molecule has 1 aliphatic rings. The Labute approximate surface area is 244 Å². The summed E-state index contributed by atoms with van der Waals surface area (Å²) in [5.74, 6) is 0.644. The van der Waals surface area contributed by atoms with E-state index in [2.05, 4.69) is 51.1 Å². The van der Waals surface area contributed by atoms with Gasteiger partial charge in [0, 0.05) is 47.3 Å². The lowest BCUT2D eigenvalue weighted by Gasteiger charge is -2.26. The first-order valence-electron chi connectivity index (χ1n) is 14.4. The molecule has 1 atom stereocenters. The molecule has 228 valence electrons. The number of fused-ring (bicyclic) bond motifs is 1. The van der Waals surface area contributed by atoms with Gasteiger partial charge in [-0.1, -0.05) is 18.7 Å². The fourth-order valence-corrected chi connectivity index (χ4v) is 4.04. The summed E-state index contributed by atoms with van der Waals surface area (Å²) in [5.41, 5.74) is 2.58. The molecule has 0 spiro atoms. The largest absolute Gasteiger partial charge is 0.458 e. The fourth-order valence-electron chi connectivity index (χ4n) is 4.04. The van der Waals surface area contributed by atoms with E-state index in [1.54, 1.807) is 6.08 Å². The smallest absolute Gasteiger partial charge is 0.331 e. The number of anilines is 1. The van der Waals surface area contributed by atoms with Crippen LogP contribution in [-0.2, 0) is 27.2 Å². The Morgan fingerprint density at radius 1 is 1.25 bits per heavy atom. The predicted molar refractivity (Wildman–Crippen MR) is 170 cm³/mol. The topological polar surface area (TPSA) is 108 Å². The van der Waals surface area contributed by atoms with Crippen LogP contribution in [0.1, 0.15) is 81.3 Å². The first kappa shape index (κ1) is 34.8. The molecule has 0 aromatic carbocycles. The lowest BCUT2D eigenvalue weighted by atomic mass is 10.1. The summed E-state index contributed by atoms with van der Waals surface area (Å²) in [5, 5.41) is 9.21. The molecule has 9 heteroatoms. The Bertz CT molecular complexity index is 982. The van der Waals surface area contributed by atoms with Gasteiger partial charge in [-0.05, 0) is 91.3 Å². The summed E-state index contributed by atoms with van der Waals surface area (Å²) in [7, 11) is 0. The number of amides is 1. The van der Waals surface area contributed by atoms with Crippen LogP contribution in [0.5, 0.6) is 0 Å². The van der Waals surface area contributed by atoms with Crippen LogP contribution >= 0.6 is 0 Å². The molecule has 1 amide bonds. The van der Waals surface area contributed by atoms with Gasteiger partial charge in [-0.3, -0.25) is 9.79 Å². The number of nitrogens with zero attached hydrogens (tertiary/aromatic N) is 3. The number of aryl methyl sites for hydroxylation is 2. The lowest BCUT2D eigenvalue weighted by molar-refractivity contribution is -0.156. The third-order valence-corrected chi connectivity index (χ3v) is 5.87. The molecule has 0 fully saturated rings. The summed E-state index contributed by atoms with van der Waals surface area (Å²) in [6, 6.07) is 3.72. The summed E-state index contributed by atoms with van der Waals surface area (Å²) in [6.07, 6.45) is 8.96. The van der Waals surface area contributed by atoms with E-state index in [4.69, 9.17) is 9.72 Å². The van der Waals surface area contributed by atoms with Crippen LogP contribution in [0.2, 0.25) is 0 Å². The fraction of sp³-hybridized carbons (Fsp3) is 0.613. The zero-order valence-corrected chi connectivity index (χ0v) is 25.6. The minimum atomic E-state index is -0.624. The van der Waals surface area contributed by atoms with E-state index in [1.165, 1.54) is 18.8 Å². The van der Waals surface area contributed by atoms with Gasteiger partial charge in [0.25, 0.3) is 0 Å². The maximum atomic E-state index is 12.8. The van der Waals surface area contributed by atoms with Gasteiger partial charge in [-0.25, -0.2) is 9.78 Å². The second-order valence-corrected chi connectivity index (χ2v) is 11.1. The normalized spacial score (nSPS) is 13.4. The Balaban J connectivity index is 0. The number of aliphatic imine (C=N–C) groups is 1. The van der Waals surface area contributed by atoms with E-state index >= 15 is 0 Å². The highest BCUT2D eigenvalue weighted by molar-refractivity contribution is 5.78. The second-order valence-electron chi connectivity index (χ2n) is 11.1. The Hall–Kier alpha value is -3.20. The number of carbonyl (C=O) groups is 2. The number of unbranched alkanes of at least 4 members (excludes halogenated alkanes) is 1. The molecule has 9 nitrogen and oxygen atoms in total. The van der Waals surface area contributed by atoms with Gasteiger partial charge in [-0.15, -0.1) is 6.58 Å². The number of allylic oxidation sites excluding steroid dienone is 2. The van der Waals surface area contributed by atoms with Crippen molar-refractivity contribution < 1.29 is 17.2 Å². The number of pyridine rings is 1. The van der Waals surface area contributed by atoms with Gasteiger partial charge in [0.15, 0.2) is 6.04 Å². The highest BCUT2D eigenvalue weighted by Gasteiger charge is 2.25. The average Bonchev–Trinajstić information content (AvgIpc) is 2.87. The molecule has 2 rings (SSSR count). The molecule has 1 aromatic heterocycles. The van der Waals surface area contributed by atoms with Crippen LogP contribution in [0.4, 0.5) is 5.82 Å². The molecule has 0 aliphatic carbocycles. The van der Waals surface area contributed by atoms with E-state index in [0.29, 0.717) is 26.1 Å². The van der Waals surface area contributed by atoms with Crippen LogP contribution in [0.3, 0.4) is 0 Å². The van der Waals surface area contributed by atoms with E-state index in [0.717, 1.165) is 62.4 Å². The molecule has 0 radical (unpaired) electrons. The van der Waals surface area contributed by atoms with Gasteiger partial charge in [-0.2, -0.15) is 0 Å². The molecule has 0 saturated carbocycles. The lowest BCUT2D eigenvalue weighted by Crippen LogP contribution is -2.38. The number of aromatic nitrogens is 1. The highest BCUT2D eigenvalue weighted by Crippen LogP contribution is 2.20. The van der Waals surface area contributed by atoms with Gasteiger partial charge in [0.1, 0.15) is 11.4 Å². The number of carbonyl (C=O) groups excluding carboxylic acids is 2. The molecular formula is C31H56N6O3. The van der Waals surface area contributed by atoms with Crippen LogP contribution in [0, 0.1) is 0 Å². The third-order valence-electron chi connectivity index (χ3n) is 5.87. The number of hydrogen-bond acceptors (Lipinski definition) is 7. The maximum absolute atomic E-state index is 12.8. The number of esters is 1. The minimum absolute atomic E-state index is 0. The van der Waals surface area contributed by atoms with Gasteiger partial charge in [0.2, 0.25) is 5.91 Å². The Kier molecular flexibility index (Phi) is 16.5. The van der Waals surface area contributed by atoms with E-state index in [1.807, 2.05) is 34.6 Å². The van der Waals surface area contributed by atoms with Crippen molar-refractivity contribution in [2.24, 2.45) is 4.99 Å². The third kappa shape index (κ3) is 16.0. The number of nitrogens with one attached hydrogen (secondary N) is 3. The van der Waals surface area contributed by atoms with E-state index in [9.17, 15) is 9.59 Å². The van der Waals surface area contributed by atoms with Crippen molar-refractivity contribution in [3.63, 3.8) is 0 Å². The Morgan fingerprint density at radius 2 is 1.98 bits per heavy atom. The summed E-state index contributed by atoms with van der Waals surface area (Å²) in [6.45, 7) is 21.7. The SMILES string of the molecule is C=C(C)NC=N[C@@H](CCN(CCCCc1ccc2c(n1)NCCC2)CCNC(C)=O)C(=O)OC(C)(C)C.C=CC.[HH].[HH]. The Morgan fingerprint density at radius 3 is 2.62 bits per heavy atom. The van der Waals surface area contributed by atoms with Crippen LogP contribution in [0.15, 0.2) is 42.1 Å². The molecule has 40 heavy (non-hydrogen) atoms. The van der Waals surface area contributed by atoms with Gasteiger partial charge in [0.05, 0.1) is 6.34 Å². The molecule has 1 aromatic rings. The van der Waals surface area contributed by atoms with Crippen LogP contribution in [-0.4, -0.2) is 72.5 Å². The van der Waals surface area contributed by atoms with Crippen molar-refractivity contribution >= 4 is 24.0 Å². The van der Waals surface area contributed by atoms with Crippen molar-refractivity contribution in [3.8, 4) is 0 Å². The number of hydrogen-bond donors (Lipinski definition) is 3. The summed E-state index contributed by atoms with van der Waals surface area (Å²) < 4.78 is 5.60. The molecular weight excluding hydrogens is 504 g/mol. The van der Waals surface area contributed by atoms with Crippen molar-refractivity contribution in [1.29, 1.82) is 0 Å². The maximum Gasteiger partial charge on any atom is 0.331 e. The van der Waals surface area contributed by atoms with Gasteiger partial charge >= 0.3 is 5.97 Å². The van der Waals surface area contributed by atoms with Crippen molar-refractivity contribution in [1.82, 2.24) is 20.5 Å². The number of ether oxygens (including phenoxy) is 1. The first-order valence-corrected chi connectivity index (χ1v) is 14.4. The average molecular weight is 561 g/mol. The van der Waals surface area contributed by atoms with Crippen molar-refractivity contribution in [2.45, 2.75) is 91.7 Å². The highest BCUT2D eigenvalue weighted by atomic mass is 16.6. The molecule has 1 aliphatic heterocycles. The quantitative estimate of drug-likeness (QED) is 0.0897. The molecule has 0 unspecified atom stereocenters. The van der Waals surface area contributed by atoms with Gasteiger partial charge < -0.3 is 25.6 Å².